The molecule has 17 heavy (non-hydrogen) atoms. The molecule has 1 heteroatoms. The van der Waals surface area contributed by atoms with Gasteiger partial charge in [0.15, 0.2) is 0 Å². The van der Waals surface area contributed by atoms with Gasteiger partial charge in [-0.2, -0.15) is 0 Å². The van der Waals surface area contributed by atoms with Crippen LogP contribution in [0, 0.1) is 17.8 Å². The van der Waals surface area contributed by atoms with Gasteiger partial charge < -0.3 is 5.73 Å². The highest BCUT2D eigenvalue weighted by Crippen LogP contribution is 2.22. The first-order valence-electron chi connectivity index (χ1n) is 7.83. The molecule has 2 N–H and O–H groups in total. The molecule has 0 bridgehead atoms. The van der Waals surface area contributed by atoms with Crippen LogP contribution >= 0.6 is 0 Å². The van der Waals surface area contributed by atoms with E-state index < -0.39 is 0 Å². The van der Waals surface area contributed by atoms with Gasteiger partial charge in [0.1, 0.15) is 0 Å². The highest BCUT2D eigenvalue weighted by Gasteiger charge is 2.08. The quantitative estimate of drug-likeness (QED) is 0.506. The molecule has 0 heterocycles. The van der Waals surface area contributed by atoms with E-state index in [2.05, 4.69) is 27.7 Å². The third kappa shape index (κ3) is 9.64. The molecule has 0 aliphatic carbocycles. The Hall–Kier alpha value is -0.0400. The van der Waals surface area contributed by atoms with Crippen molar-refractivity contribution in [2.75, 3.05) is 6.54 Å². The summed E-state index contributed by atoms with van der Waals surface area (Å²) in [5.74, 6) is 2.70. The third-order valence-corrected chi connectivity index (χ3v) is 4.21. The molecule has 3 atom stereocenters. The molecule has 1 nitrogen and oxygen atoms in total. The van der Waals surface area contributed by atoms with E-state index in [0.29, 0.717) is 0 Å². The second-order valence-electron chi connectivity index (χ2n) is 5.99. The number of rotatable bonds is 11. The van der Waals surface area contributed by atoms with Crippen molar-refractivity contribution >= 4 is 0 Å². The van der Waals surface area contributed by atoms with Crippen molar-refractivity contribution in [3.63, 3.8) is 0 Å². The normalized spacial score (nSPS) is 16.8. The molecule has 0 saturated carbocycles. The van der Waals surface area contributed by atoms with Crippen LogP contribution in [0.2, 0.25) is 0 Å². The molecule has 0 aliphatic rings. The summed E-state index contributed by atoms with van der Waals surface area (Å²) in [6, 6.07) is 0. The van der Waals surface area contributed by atoms with Gasteiger partial charge in [0.25, 0.3) is 0 Å². The average Bonchev–Trinajstić information content (AvgIpc) is 2.32. The first kappa shape index (κ1) is 17.0. The molecular weight excluding hydrogens is 206 g/mol. The lowest BCUT2D eigenvalue weighted by molar-refractivity contribution is 0.360. The van der Waals surface area contributed by atoms with Gasteiger partial charge in [-0.1, -0.05) is 66.2 Å². The largest absolute Gasteiger partial charge is 0.330 e. The van der Waals surface area contributed by atoms with Crippen LogP contribution in [0.15, 0.2) is 0 Å². The zero-order valence-corrected chi connectivity index (χ0v) is 12.7. The van der Waals surface area contributed by atoms with Gasteiger partial charge in [0.05, 0.1) is 0 Å². The summed E-state index contributed by atoms with van der Waals surface area (Å²) in [6.07, 6.45) is 10.9. The van der Waals surface area contributed by atoms with E-state index in [0.717, 1.165) is 24.3 Å². The molecule has 0 radical (unpaired) electrons. The van der Waals surface area contributed by atoms with E-state index in [-0.39, 0.29) is 0 Å². The first-order chi connectivity index (χ1) is 8.13. The zero-order chi connectivity index (χ0) is 13.1. The Morgan fingerprint density at radius 3 is 2.00 bits per heavy atom. The molecule has 0 fully saturated rings. The summed E-state index contributed by atoms with van der Waals surface area (Å²) < 4.78 is 0. The standard InChI is InChI=1S/C16H35N/c1-5-14(3)13-15(4)9-7-8-10-16(6-2)11-12-17/h14-16H,5-13,17H2,1-4H3/t14-,15?,16?/m1/s1. The highest BCUT2D eigenvalue weighted by molar-refractivity contribution is 4.61. The SMILES string of the molecule is CCC(CCN)CCCCC(C)C[C@H](C)CC. The van der Waals surface area contributed by atoms with Crippen molar-refractivity contribution < 1.29 is 0 Å². The highest BCUT2D eigenvalue weighted by atomic mass is 14.5. The smallest absolute Gasteiger partial charge is 0.00746 e. The Morgan fingerprint density at radius 1 is 0.824 bits per heavy atom. The van der Waals surface area contributed by atoms with Crippen molar-refractivity contribution in [3.8, 4) is 0 Å². The maximum Gasteiger partial charge on any atom is -0.00746 e. The fourth-order valence-electron chi connectivity index (χ4n) is 2.69. The third-order valence-electron chi connectivity index (χ3n) is 4.21. The fraction of sp³-hybridized carbons (Fsp3) is 1.00. The second kappa shape index (κ2) is 11.1. The summed E-state index contributed by atoms with van der Waals surface area (Å²) >= 11 is 0. The Kier molecular flexibility index (Phi) is 11.0. The molecule has 0 aromatic heterocycles. The van der Waals surface area contributed by atoms with Crippen LogP contribution < -0.4 is 5.73 Å². The Bertz CT molecular complexity index is 156. The van der Waals surface area contributed by atoms with Crippen molar-refractivity contribution in [3.05, 3.63) is 0 Å². The molecule has 0 amide bonds. The van der Waals surface area contributed by atoms with Crippen LogP contribution in [0.1, 0.15) is 79.1 Å². The minimum Gasteiger partial charge on any atom is -0.330 e. The minimum absolute atomic E-state index is 0.864. The van der Waals surface area contributed by atoms with Gasteiger partial charge in [-0.25, -0.2) is 0 Å². The Labute approximate surface area is 110 Å². The van der Waals surface area contributed by atoms with Crippen molar-refractivity contribution in [1.29, 1.82) is 0 Å². The summed E-state index contributed by atoms with van der Waals surface area (Å²) in [5, 5.41) is 0. The van der Waals surface area contributed by atoms with Gasteiger partial charge >= 0.3 is 0 Å². The molecule has 0 aromatic carbocycles. The van der Waals surface area contributed by atoms with Crippen LogP contribution in [0.25, 0.3) is 0 Å². The van der Waals surface area contributed by atoms with Crippen LogP contribution in [0.3, 0.4) is 0 Å². The Morgan fingerprint density at radius 2 is 1.47 bits per heavy atom. The average molecular weight is 241 g/mol. The van der Waals surface area contributed by atoms with E-state index in [1.165, 1.54) is 51.4 Å². The van der Waals surface area contributed by atoms with Gasteiger partial charge in [0.2, 0.25) is 0 Å². The van der Waals surface area contributed by atoms with Crippen LogP contribution in [0.4, 0.5) is 0 Å². The van der Waals surface area contributed by atoms with E-state index in [1.54, 1.807) is 0 Å². The van der Waals surface area contributed by atoms with Crippen molar-refractivity contribution in [2.45, 2.75) is 79.1 Å². The summed E-state index contributed by atoms with van der Waals surface area (Å²) in [7, 11) is 0. The molecule has 0 aromatic rings. The number of nitrogens with two attached hydrogens (primary N) is 1. The monoisotopic (exact) mass is 241 g/mol. The number of unbranched alkanes of at least 4 members (excludes halogenated alkanes) is 1. The maximum atomic E-state index is 5.63. The maximum absolute atomic E-state index is 5.63. The van der Waals surface area contributed by atoms with Crippen LogP contribution in [0.5, 0.6) is 0 Å². The number of hydrogen-bond donors (Lipinski definition) is 1. The van der Waals surface area contributed by atoms with E-state index in [4.69, 9.17) is 5.73 Å². The molecular formula is C16H35N. The molecule has 0 spiro atoms. The lowest BCUT2D eigenvalue weighted by Crippen LogP contribution is -2.08. The summed E-state index contributed by atoms with van der Waals surface area (Å²) in [4.78, 5) is 0. The Balaban J connectivity index is 3.49. The first-order valence-corrected chi connectivity index (χ1v) is 7.83. The predicted octanol–water partition coefficient (Wildman–Crippen LogP) is 4.99. The predicted molar refractivity (Wildman–Crippen MR) is 79.2 cm³/mol. The second-order valence-corrected chi connectivity index (χ2v) is 5.99. The minimum atomic E-state index is 0.864. The zero-order valence-electron chi connectivity index (χ0n) is 12.7. The van der Waals surface area contributed by atoms with Gasteiger partial charge in [0, 0.05) is 0 Å². The fourth-order valence-corrected chi connectivity index (χ4v) is 2.69. The van der Waals surface area contributed by atoms with Crippen LogP contribution in [-0.2, 0) is 0 Å². The lowest BCUT2D eigenvalue weighted by atomic mass is 9.89. The van der Waals surface area contributed by atoms with Crippen LogP contribution in [-0.4, -0.2) is 6.54 Å². The topological polar surface area (TPSA) is 26.0 Å². The molecule has 0 saturated heterocycles. The van der Waals surface area contributed by atoms with Gasteiger partial charge in [-0.05, 0) is 37.1 Å². The lowest BCUT2D eigenvalue weighted by Gasteiger charge is -2.17. The number of hydrogen-bond acceptors (Lipinski definition) is 1. The molecule has 2 unspecified atom stereocenters. The van der Waals surface area contributed by atoms with E-state index in [9.17, 15) is 0 Å². The van der Waals surface area contributed by atoms with Crippen molar-refractivity contribution in [1.82, 2.24) is 0 Å². The molecule has 0 aliphatic heterocycles. The van der Waals surface area contributed by atoms with E-state index >= 15 is 0 Å². The summed E-state index contributed by atoms with van der Waals surface area (Å²) in [5.41, 5.74) is 5.63. The van der Waals surface area contributed by atoms with Gasteiger partial charge in [-0.3, -0.25) is 0 Å². The van der Waals surface area contributed by atoms with Gasteiger partial charge in [-0.15, -0.1) is 0 Å². The summed E-state index contributed by atoms with van der Waals surface area (Å²) in [6.45, 7) is 10.3. The molecule has 104 valence electrons. The molecule has 0 rings (SSSR count). The van der Waals surface area contributed by atoms with Crippen molar-refractivity contribution in [2.24, 2.45) is 23.5 Å². The van der Waals surface area contributed by atoms with E-state index in [1.807, 2.05) is 0 Å².